The van der Waals surface area contributed by atoms with Crippen LogP contribution in [0.15, 0.2) is 11.8 Å². The van der Waals surface area contributed by atoms with Gasteiger partial charge in [-0.25, -0.2) is 0 Å². The molecule has 3 fully saturated rings. The Morgan fingerprint density at radius 3 is 2.69 bits per heavy atom. The Balaban J connectivity index is 1.33. The minimum atomic E-state index is 0.0618. The fourth-order valence-electron chi connectivity index (χ4n) is 5.46. The van der Waals surface area contributed by atoms with Gasteiger partial charge in [0.25, 0.3) is 0 Å². The van der Waals surface area contributed by atoms with Crippen molar-refractivity contribution in [3.8, 4) is 0 Å². The fraction of sp³-hybridized carbons (Fsp3) is 0.762. The number of fused-ring (bicyclic) bond motifs is 2. The van der Waals surface area contributed by atoms with Gasteiger partial charge in [0.1, 0.15) is 5.78 Å². The van der Waals surface area contributed by atoms with Crippen molar-refractivity contribution in [2.24, 2.45) is 11.8 Å². The molecule has 2 amide bonds. The van der Waals surface area contributed by atoms with Gasteiger partial charge in [-0.2, -0.15) is 0 Å². The number of carbonyl (C=O) groups is 3. The van der Waals surface area contributed by atoms with E-state index in [9.17, 15) is 14.4 Å². The summed E-state index contributed by atoms with van der Waals surface area (Å²) in [6, 6.07) is 0.0965. The number of hydrogen-bond acceptors (Lipinski definition) is 3. The molecule has 3 unspecified atom stereocenters. The molecule has 0 aromatic heterocycles. The second-order valence-corrected chi connectivity index (χ2v) is 8.43. The Morgan fingerprint density at radius 2 is 1.81 bits per heavy atom. The molecule has 5 heteroatoms. The van der Waals surface area contributed by atoms with Crippen molar-refractivity contribution in [3.63, 3.8) is 0 Å². The standard InChI is InChI=1S/C21H30N2O3/c24-17-8-7-16-11-13-23(19(16)14-17)21(26)10-9-20(25)22-12-3-5-15-4-1-2-6-18(15)22/h6,15-16,19H,1-5,7-14H2. The van der Waals surface area contributed by atoms with Crippen LogP contribution < -0.4 is 0 Å². The summed E-state index contributed by atoms with van der Waals surface area (Å²) in [7, 11) is 0. The highest BCUT2D eigenvalue weighted by atomic mass is 16.2. The van der Waals surface area contributed by atoms with Crippen molar-refractivity contribution < 1.29 is 14.4 Å². The minimum Gasteiger partial charge on any atom is -0.339 e. The van der Waals surface area contributed by atoms with Crippen molar-refractivity contribution in [1.82, 2.24) is 9.80 Å². The number of nitrogens with zero attached hydrogens (tertiary/aromatic N) is 2. The van der Waals surface area contributed by atoms with Crippen LogP contribution in [0.25, 0.3) is 0 Å². The van der Waals surface area contributed by atoms with E-state index in [-0.39, 0.29) is 30.1 Å². The molecular weight excluding hydrogens is 328 g/mol. The second-order valence-electron chi connectivity index (χ2n) is 8.43. The summed E-state index contributed by atoms with van der Waals surface area (Å²) in [5, 5.41) is 0. The van der Waals surface area contributed by atoms with Gasteiger partial charge in [-0.05, 0) is 56.8 Å². The Kier molecular flexibility index (Phi) is 5.14. The molecule has 0 radical (unpaired) electrons. The summed E-state index contributed by atoms with van der Waals surface area (Å²) >= 11 is 0. The van der Waals surface area contributed by atoms with E-state index in [4.69, 9.17) is 0 Å². The zero-order valence-corrected chi connectivity index (χ0v) is 15.6. The van der Waals surface area contributed by atoms with E-state index >= 15 is 0 Å². The number of allylic oxidation sites excluding steroid dienone is 2. The summed E-state index contributed by atoms with van der Waals surface area (Å²) in [5.74, 6) is 1.48. The molecule has 2 aliphatic heterocycles. The van der Waals surface area contributed by atoms with E-state index in [0.717, 1.165) is 38.8 Å². The fourth-order valence-corrected chi connectivity index (χ4v) is 5.46. The monoisotopic (exact) mass is 358 g/mol. The lowest BCUT2D eigenvalue weighted by molar-refractivity contribution is -0.138. The zero-order chi connectivity index (χ0) is 18.1. The van der Waals surface area contributed by atoms with Crippen molar-refractivity contribution >= 4 is 17.6 Å². The maximum atomic E-state index is 12.8. The highest BCUT2D eigenvalue weighted by Crippen LogP contribution is 2.36. The Morgan fingerprint density at radius 1 is 1.00 bits per heavy atom. The maximum absolute atomic E-state index is 12.8. The molecule has 0 aromatic rings. The van der Waals surface area contributed by atoms with Gasteiger partial charge in [-0.1, -0.05) is 6.08 Å². The molecule has 142 valence electrons. The Labute approximate surface area is 155 Å². The van der Waals surface area contributed by atoms with E-state index in [0.29, 0.717) is 31.1 Å². The number of likely N-dealkylation sites (tertiary alicyclic amines) is 2. The molecule has 3 atom stereocenters. The van der Waals surface area contributed by atoms with Crippen LogP contribution in [0.4, 0.5) is 0 Å². The normalized spacial score (nSPS) is 31.3. The van der Waals surface area contributed by atoms with Gasteiger partial charge in [0.15, 0.2) is 0 Å². The first kappa shape index (κ1) is 17.7. The third-order valence-corrected chi connectivity index (χ3v) is 6.86. The third kappa shape index (κ3) is 3.45. The number of Topliss-reactive ketones (excluding diaryl/α,β-unsaturated/α-hetero) is 1. The number of rotatable bonds is 3. The summed E-state index contributed by atoms with van der Waals surface area (Å²) in [4.78, 5) is 41.1. The maximum Gasteiger partial charge on any atom is 0.227 e. The van der Waals surface area contributed by atoms with E-state index in [1.807, 2.05) is 9.80 Å². The average molecular weight is 358 g/mol. The van der Waals surface area contributed by atoms with Crippen LogP contribution in [-0.2, 0) is 14.4 Å². The van der Waals surface area contributed by atoms with Gasteiger partial charge in [0.05, 0.1) is 0 Å². The molecule has 4 rings (SSSR count). The van der Waals surface area contributed by atoms with Crippen LogP contribution in [0.5, 0.6) is 0 Å². The largest absolute Gasteiger partial charge is 0.339 e. The predicted octanol–water partition coefficient (Wildman–Crippen LogP) is 3.04. The van der Waals surface area contributed by atoms with Crippen LogP contribution in [0.1, 0.15) is 70.6 Å². The van der Waals surface area contributed by atoms with E-state index in [1.165, 1.54) is 25.0 Å². The van der Waals surface area contributed by atoms with Gasteiger partial charge in [0, 0.05) is 50.5 Å². The van der Waals surface area contributed by atoms with Crippen molar-refractivity contribution in [1.29, 1.82) is 0 Å². The van der Waals surface area contributed by atoms with Gasteiger partial charge < -0.3 is 9.80 Å². The van der Waals surface area contributed by atoms with Gasteiger partial charge >= 0.3 is 0 Å². The molecular formula is C21H30N2O3. The average Bonchev–Trinajstić information content (AvgIpc) is 3.08. The topological polar surface area (TPSA) is 57.7 Å². The molecule has 1 saturated carbocycles. The van der Waals surface area contributed by atoms with Crippen LogP contribution in [0.2, 0.25) is 0 Å². The molecule has 26 heavy (non-hydrogen) atoms. The zero-order valence-electron chi connectivity index (χ0n) is 15.6. The van der Waals surface area contributed by atoms with Crippen molar-refractivity contribution in [2.75, 3.05) is 13.1 Å². The molecule has 2 heterocycles. The number of ketones is 1. The Bertz CT molecular complexity index is 627. The predicted molar refractivity (Wildman–Crippen MR) is 98.1 cm³/mol. The molecule has 0 N–H and O–H groups in total. The lowest BCUT2D eigenvalue weighted by Crippen LogP contribution is -2.42. The SMILES string of the molecule is O=C1CCC2CCN(C(=O)CCC(=O)N3CCCC4CCCC=C43)C2C1. The molecule has 4 aliphatic rings. The summed E-state index contributed by atoms with van der Waals surface area (Å²) in [5.41, 5.74) is 1.22. The molecule has 0 aromatic carbocycles. The van der Waals surface area contributed by atoms with Gasteiger partial charge in [-0.3, -0.25) is 14.4 Å². The summed E-state index contributed by atoms with van der Waals surface area (Å²) in [6.45, 7) is 1.56. The highest BCUT2D eigenvalue weighted by Gasteiger charge is 2.40. The first-order chi connectivity index (χ1) is 12.6. The van der Waals surface area contributed by atoms with Crippen LogP contribution >= 0.6 is 0 Å². The molecule has 0 bridgehead atoms. The molecule has 2 saturated heterocycles. The lowest BCUT2D eigenvalue weighted by atomic mass is 9.84. The highest BCUT2D eigenvalue weighted by molar-refractivity contribution is 5.86. The number of amides is 2. The number of hydrogen-bond donors (Lipinski definition) is 0. The van der Waals surface area contributed by atoms with E-state index < -0.39 is 0 Å². The molecule has 5 nitrogen and oxygen atoms in total. The van der Waals surface area contributed by atoms with E-state index in [1.54, 1.807) is 0 Å². The van der Waals surface area contributed by atoms with E-state index in [2.05, 4.69) is 6.08 Å². The molecule has 0 spiro atoms. The first-order valence-electron chi connectivity index (χ1n) is 10.4. The Hall–Kier alpha value is -1.65. The lowest BCUT2D eigenvalue weighted by Gasteiger charge is -2.38. The van der Waals surface area contributed by atoms with Crippen LogP contribution in [0, 0.1) is 11.8 Å². The number of carbonyl (C=O) groups excluding carboxylic acids is 3. The smallest absolute Gasteiger partial charge is 0.227 e. The minimum absolute atomic E-state index is 0.0618. The van der Waals surface area contributed by atoms with Crippen LogP contribution in [-0.4, -0.2) is 46.5 Å². The summed E-state index contributed by atoms with van der Waals surface area (Å²) < 4.78 is 0. The second kappa shape index (κ2) is 7.53. The quantitative estimate of drug-likeness (QED) is 0.779. The number of piperidine rings is 1. The van der Waals surface area contributed by atoms with Crippen molar-refractivity contribution in [2.45, 2.75) is 76.7 Å². The van der Waals surface area contributed by atoms with Gasteiger partial charge in [-0.15, -0.1) is 0 Å². The van der Waals surface area contributed by atoms with Gasteiger partial charge in [0.2, 0.25) is 11.8 Å². The van der Waals surface area contributed by atoms with Crippen LogP contribution in [0.3, 0.4) is 0 Å². The first-order valence-corrected chi connectivity index (χ1v) is 10.4. The van der Waals surface area contributed by atoms with Crippen molar-refractivity contribution in [3.05, 3.63) is 11.8 Å². The molecule has 2 aliphatic carbocycles. The summed E-state index contributed by atoms with van der Waals surface area (Å²) in [6.07, 6.45) is 11.7. The third-order valence-electron chi connectivity index (χ3n) is 6.86.